The highest BCUT2D eigenvalue weighted by Gasteiger charge is 2.69. The number of rotatable bonds is 7. The summed E-state index contributed by atoms with van der Waals surface area (Å²) >= 11 is 5.34. The molecule has 218 valence electrons. The van der Waals surface area contributed by atoms with Gasteiger partial charge in [0.1, 0.15) is 12.1 Å². The highest BCUT2D eigenvalue weighted by atomic mass is 35.5. The fraction of sp³-hybridized carbons (Fsp3) is 0.560. The van der Waals surface area contributed by atoms with Crippen LogP contribution in [-0.2, 0) is 24.0 Å². The van der Waals surface area contributed by atoms with Crippen LogP contribution in [0.4, 0.5) is 17.6 Å². The summed E-state index contributed by atoms with van der Waals surface area (Å²) in [5.41, 5.74) is -0.601. The van der Waals surface area contributed by atoms with Crippen LogP contribution in [0.2, 0.25) is 0 Å². The molecule has 2 heterocycles. The molecule has 10 nitrogen and oxygen atoms in total. The molecule has 0 bridgehead atoms. The maximum atomic E-state index is 13.8. The second-order valence-corrected chi connectivity index (χ2v) is 11.1. The van der Waals surface area contributed by atoms with Gasteiger partial charge in [-0.25, -0.2) is 9.40 Å². The zero-order chi connectivity index (χ0) is 29.6. The van der Waals surface area contributed by atoms with Crippen molar-refractivity contribution < 1.29 is 41.5 Å². The van der Waals surface area contributed by atoms with E-state index in [0.717, 1.165) is 4.90 Å². The third-order valence-electron chi connectivity index (χ3n) is 7.94. The molecule has 0 radical (unpaired) electrons. The minimum Gasteiger partial charge on any atom is -0.356 e. The Morgan fingerprint density at radius 3 is 2.40 bits per heavy atom. The summed E-state index contributed by atoms with van der Waals surface area (Å²) in [4.78, 5) is 64.7. The number of hydrazine groups is 1. The first-order valence-corrected chi connectivity index (χ1v) is 13.0. The number of fused-ring (bicyclic) bond motifs is 1. The van der Waals surface area contributed by atoms with E-state index in [4.69, 9.17) is 11.6 Å². The molecule has 0 spiro atoms. The Bertz CT molecular complexity index is 1200. The standard InChI is InChI=1S/C25H28ClF4N5O5/c1-24(2)14-11-34(21(38)16(12-6-4-3-5-7-12)32-23(40)25(28,29)30)17(15(14)24)20(37)33-35(22(39)18(26)27)10-13-8-9-31-19(13)36/h3-7,13-18H,8-11H2,1-2H3,(H,31,36)(H,32,40)(H,33,37)/t13-,14-,15-,16-,17-,18-/m0/s1. The van der Waals surface area contributed by atoms with Crippen LogP contribution >= 0.6 is 11.6 Å². The van der Waals surface area contributed by atoms with E-state index in [-0.39, 0.29) is 24.6 Å². The molecule has 4 rings (SSSR count). The zero-order valence-electron chi connectivity index (χ0n) is 21.5. The molecule has 3 aliphatic rings. The molecule has 5 amide bonds. The van der Waals surface area contributed by atoms with Crippen molar-refractivity contribution in [1.29, 1.82) is 0 Å². The van der Waals surface area contributed by atoms with Gasteiger partial charge in [0.05, 0.1) is 12.5 Å². The number of likely N-dealkylation sites (tertiary alicyclic amines) is 1. The summed E-state index contributed by atoms with van der Waals surface area (Å²) in [6.45, 7) is 3.65. The smallest absolute Gasteiger partial charge is 0.356 e. The van der Waals surface area contributed by atoms with Crippen LogP contribution in [-0.4, -0.2) is 76.9 Å². The van der Waals surface area contributed by atoms with Gasteiger partial charge in [-0.3, -0.25) is 29.4 Å². The third kappa shape index (κ3) is 5.72. The van der Waals surface area contributed by atoms with Gasteiger partial charge in [0, 0.05) is 13.1 Å². The van der Waals surface area contributed by atoms with Crippen molar-refractivity contribution in [1.82, 2.24) is 26.0 Å². The van der Waals surface area contributed by atoms with Gasteiger partial charge in [-0.2, -0.15) is 13.2 Å². The van der Waals surface area contributed by atoms with Crippen molar-refractivity contribution in [2.45, 2.75) is 44.2 Å². The minimum absolute atomic E-state index is 0.0000280. The Balaban J connectivity index is 1.61. The minimum atomic E-state index is -5.27. The van der Waals surface area contributed by atoms with E-state index in [1.165, 1.54) is 24.3 Å². The fourth-order valence-corrected chi connectivity index (χ4v) is 5.79. The number of hydrogen-bond acceptors (Lipinski definition) is 5. The molecule has 2 aliphatic heterocycles. The van der Waals surface area contributed by atoms with E-state index in [1.54, 1.807) is 11.4 Å². The molecule has 1 aliphatic carbocycles. The van der Waals surface area contributed by atoms with E-state index in [0.29, 0.717) is 18.0 Å². The van der Waals surface area contributed by atoms with E-state index in [1.807, 2.05) is 13.8 Å². The average molecular weight is 590 g/mol. The molecule has 0 unspecified atom stereocenters. The molecule has 1 saturated carbocycles. The van der Waals surface area contributed by atoms with Crippen molar-refractivity contribution in [3.05, 3.63) is 35.9 Å². The van der Waals surface area contributed by atoms with Crippen LogP contribution in [0.5, 0.6) is 0 Å². The van der Waals surface area contributed by atoms with Gasteiger partial charge in [0.15, 0.2) is 0 Å². The lowest BCUT2D eigenvalue weighted by Crippen LogP contribution is -2.59. The number of piperidine rings is 1. The number of amides is 5. The second-order valence-electron chi connectivity index (χ2n) is 10.7. The van der Waals surface area contributed by atoms with Gasteiger partial charge in [-0.1, -0.05) is 55.8 Å². The lowest BCUT2D eigenvalue weighted by atomic mass is 9.98. The fourth-order valence-electron chi connectivity index (χ4n) is 5.67. The first-order valence-electron chi connectivity index (χ1n) is 12.6. The van der Waals surface area contributed by atoms with Crippen LogP contribution in [0.3, 0.4) is 0 Å². The lowest BCUT2D eigenvalue weighted by Gasteiger charge is -2.35. The van der Waals surface area contributed by atoms with Crippen molar-refractivity contribution in [3.63, 3.8) is 0 Å². The molecule has 2 saturated heterocycles. The number of nitrogens with one attached hydrogen (secondary N) is 3. The molecule has 6 atom stereocenters. The van der Waals surface area contributed by atoms with Gasteiger partial charge in [-0.15, -0.1) is 0 Å². The summed E-state index contributed by atoms with van der Waals surface area (Å²) in [6.07, 6.45) is -4.95. The van der Waals surface area contributed by atoms with Crippen molar-refractivity contribution >= 4 is 41.1 Å². The predicted octanol–water partition coefficient (Wildman–Crippen LogP) is 1.42. The number of hydrogen-bond donors (Lipinski definition) is 3. The molecule has 40 heavy (non-hydrogen) atoms. The Morgan fingerprint density at radius 2 is 1.85 bits per heavy atom. The molecule has 1 aromatic rings. The third-order valence-corrected chi connectivity index (χ3v) is 8.12. The first-order chi connectivity index (χ1) is 18.6. The van der Waals surface area contributed by atoms with Gasteiger partial charge in [-0.05, 0) is 29.2 Å². The largest absolute Gasteiger partial charge is 0.471 e. The van der Waals surface area contributed by atoms with Crippen LogP contribution in [0, 0.1) is 23.2 Å². The van der Waals surface area contributed by atoms with Gasteiger partial charge in [0.2, 0.25) is 5.91 Å². The topological polar surface area (TPSA) is 128 Å². The van der Waals surface area contributed by atoms with Crippen molar-refractivity contribution in [2.24, 2.45) is 23.2 Å². The summed E-state index contributed by atoms with van der Waals surface area (Å²) in [6, 6.07) is 4.24. The number of carbonyl (C=O) groups is 5. The summed E-state index contributed by atoms with van der Waals surface area (Å²) in [5, 5.41) is 4.89. The van der Waals surface area contributed by atoms with Crippen molar-refractivity contribution in [2.75, 3.05) is 19.6 Å². The normalized spacial score (nSPS) is 26.3. The maximum absolute atomic E-state index is 13.8. The molecule has 3 N–H and O–H groups in total. The van der Waals surface area contributed by atoms with E-state index >= 15 is 0 Å². The van der Waals surface area contributed by atoms with Gasteiger partial charge >= 0.3 is 12.1 Å². The second kappa shape index (κ2) is 10.9. The SMILES string of the molecule is CC1(C)[C@@H]2[C@@H](C(=O)NN(C[C@@H]3CCNC3=O)C(=O)[C@H](F)Cl)N(C(=O)[C@@H](NC(=O)C(F)(F)F)c3ccccc3)C[C@@H]21. The van der Waals surface area contributed by atoms with Crippen molar-refractivity contribution in [3.8, 4) is 0 Å². The number of carbonyl (C=O) groups excluding carboxylic acids is 5. The predicted molar refractivity (Wildman–Crippen MR) is 131 cm³/mol. The summed E-state index contributed by atoms with van der Waals surface area (Å²) < 4.78 is 53.1. The van der Waals surface area contributed by atoms with Crippen LogP contribution in [0.15, 0.2) is 30.3 Å². The molecular formula is C25H28ClF4N5O5. The van der Waals surface area contributed by atoms with Gasteiger partial charge in [0.25, 0.3) is 23.4 Å². The van der Waals surface area contributed by atoms with E-state index < -0.39 is 70.7 Å². The number of alkyl halides is 5. The van der Waals surface area contributed by atoms with Crippen LogP contribution in [0.1, 0.15) is 31.9 Å². The lowest BCUT2D eigenvalue weighted by molar-refractivity contribution is -0.175. The van der Waals surface area contributed by atoms with E-state index in [9.17, 15) is 41.5 Å². The molecular weight excluding hydrogens is 562 g/mol. The highest BCUT2D eigenvalue weighted by molar-refractivity contribution is 6.29. The Kier molecular flexibility index (Phi) is 8.03. The van der Waals surface area contributed by atoms with Crippen LogP contribution < -0.4 is 16.1 Å². The molecule has 0 aromatic heterocycles. The average Bonchev–Trinajstić information content (AvgIpc) is 3.23. The monoisotopic (exact) mass is 589 g/mol. The zero-order valence-corrected chi connectivity index (χ0v) is 22.3. The molecule has 3 fully saturated rings. The molecule has 1 aromatic carbocycles. The summed E-state index contributed by atoms with van der Waals surface area (Å²) in [5.74, 6) is -7.29. The van der Waals surface area contributed by atoms with E-state index in [2.05, 4.69) is 10.7 Å². The Hall–Kier alpha value is -3.42. The number of nitrogens with zero attached hydrogens (tertiary/aromatic N) is 2. The van der Waals surface area contributed by atoms with Gasteiger partial charge < -0.3 is 15.5 Å². The quantitative estimate of drug-likeness (QED) is 0.252. The molecule has 15 heteroatoms. The Labute approximate surface area is 231 Å². The maximum Gasteiger partial charge on any atom is 0.471 e. The highest BCUT2D eigenvalue weighted by Crippen LogP contribution is 2.65. The first kappa shape index (κ1) is 29.6. The number of benzene rings is 1. The Morgan fingerprint density at radius 1 is 1.20 bits per heavy atom. The number of halogens is 5. The summed E-state index contributed by atoms with van der Waals surface area (Å²) in [7, 11) is 0. The van der Waals surface area contributed by atoms with Crippen LogP contribution in [0.25, 0.3) is 0 Å².